The number of aldehydes is 2. The van der Waals surface area contributed by atoms with Gasteiger partial charge < -0.3 is 18.9 Å². The van der Waals surface area contributed by atoms with Crippen LogP contribution in [-0.2, 0) is 9.47 Å². The summed E-state index contributed by atoms with van der Waals surface area (Å²) < 4.78 is 21.4. The predicted octanol–water partition coefficient (Wildman–Crippen LogP) is 2.62. The highest BCUT2D eigenvalue weighted by Gasteiger charge is 2.14. The zero-order chi connectivity index (χ0) is 23.3. The van der Waals surface area contributed by atoms with Gasteiger partial charge in [0.1, 0.15) is 24.7 Å². The second-order valence-corrected chi connectivity index (χ2v) is 6.11. The van der Waals surface area contributed by atoms with E-state index >= 15 is 0 Å². The second kappa shape index (κ2) is 12.7. The molecule has 170 valence electrons. The highest BCUT2D eigenvalue weighted by atomic mass is 16.6. The van der Waals surface area contributed by atoms with Gasteiger partial charge >= 0.3 is 0 Å². The van der Waals surface area contributed by atoms with Gasteiger partial charge in [0.25, 0.3) is 11.4 Å². The molecule has 2 aromatic carbocycles. The van der Waals surface area contributed by atoms with Gasteiger partial charge in [0.05, 0.1) is 47.4 Å². The first kappa shape index (κ1) is 24.4. The SMILES string of the molecule is O=Cc1cc(OCCOCCOCCOc2ccc([N+](=O)[O-])c(C=O)c2)ccc1[N+](=O)[O-]. The van der Waals surface area contributed by atoms with E-state index in [0.29, 0.717) is 24.1 Å². The normalized spacial score (nSPS) is 10.4. The molecule has 0 unspecified atom stereocenters. The number of rotatable bonds is 15. The van der Waals surface area contributed by atoms with Gasteiger partial charge in [-0.1, -0.05) is 0 Å². The quantitative estimate of drug-likeness (QED) is 0.172. The minimum absolute atomic E-state index is 0.0693. The molecule has 2 rings (SSSR count). The van der Waals surface area contributed by atoms with Crippen LogP contribution in [0.1, 0.15) is 20.7 Å². The first-order chi connectivity index (χ1) is 15.5. The van der Waals surface area contributed by atoms with Crippen LogP contribution in [0.2, 0.25) is 0 Å². The van der Waals surface area contributed by atoms with Gasteiger partial charge in [0.15, 0.2) is 12.6 Å². The summed E-state index contributed by atoms with van der Waals surface area (Å²) in [7, 11) is 0. The number of nitro groups is 2. The maximum atomic E-state index is 10.9. The van der Waals surface area contributed by atoms with Crippen molar-refractivity contribution in [2.45, 2.75) is 0 Å². The first-order valence-electron chi connectivity index (χ1n) is 9.34. The van der Waals surface area contributed by atoms with Crippen LogP contribution in [0.4, 0.5) is 11.4 Å². The van der Waals surface area contributed by atoms with Crippen molar-refractivity contribution in [1.82, 2.24) is 0 Å². The van der Waals surface area contributed by atoms with Gasteiger partial charge in [-0.05, 0) is 24.3 Å². The Bertz CT molecular complexity index is 886. The highest BCUT2D eigenvalue weighted by molar-refractivity contribution is 5.82. The minimum Gasteiger partial charge on any atom is -0.491 e. The summed E-state index contributed by atoms with van der Waals surface area (Å²) in [4.78, 5) is 42.1. The molecule has 0 atom stereocenters. The highest BCUT2D eigenvalue weighted by Crippen LogP contribution is 2.23. The number of carbonyl (C=O) groups excluding carboxylic acids is 2. The molecular formula is C20H20N2O10. The molecule has 12 nitrogen and oxygen atoms in total. The summed E-state index contributed by atoms with van der Waals surface area (Å²) in [6.07, 6.45) is 0.788. The van der Waals surface area contributed by atoms with Crippen LogP contribution in [0, 0.1) is 20.2 Å². The standard InChI is InChI=1S/C20H20N2O10/c23-13-15-11-17(1-3-19(15)21(25)26)31-9-7-29-5-6-30-8-10-32-18-2-4-20(22(27)28)16(12-18)14-24/h1-4,11-14H,5-10H2. The average molecular weight is 448 g/mol. The summed E-state index contributed by atoms with van der Waals surface area (Å²) >= 11 is 0. The van der Waals surface area contributed by atoms with Crippen molar-refractivity contribution in [3.05, 3.63) is 67.8 Å². The number of hydrogen-bond donors (Lipinski definition) is 0. The fourth-order valence-electron chi connectivity index (χ4n) is 2.52. The minimum atomic E-state index is -0.643. The Morgan fingerprint density at radius 1 is 0.656 bits per heavy atom. The van der Waals surface area contributed by atoms with Gasteiger partial charge in [-0.15, -0.1) is 0 Å². The van der Waals surface area contributed by atoms with E-state index in [4.69, 9.17) is 18.9 Å². The Balaban J connectivity index is 1.57. The van der Waals surface area contributed by atoms with Gasteiger partial charge in [0, 0.05) is 12.1 Å². The van der Waals surface area contributed by atoms with Gasteiger partial charge in [-0.2, -0.15) is 0 Å². The molecule has 2 aromatic rings. The fourth-order valence-corrected chi connectivity index (χ4v) is 2.52. The second-order valence-electron chi connectivity index (χ2n) is 6.11. The molecule has 0 saturated carbocycles. The number of nitrogens with zero attached hydrogens (tertiary/aromatic N) is 2. The summed E-state index contributed by atoms with van der Waals surface area (Å²) in [6, 6.07) is 7.78. The van der Waals surface area contributed by atoms with Crippen LogP contribution in [0.3, 0.4) is 0 Å². The Morgan fingerprint density at radius 2 is 1.03 bits per heavy atom. The third kappa shape index (κ3) is 7.41. The van der Waals surface area contributed by atoms with Crippen LogP contribution in [-0.4, -0.2) is 62.1 Å². The van der Waals surface area contributed by atoms with Crippen LogP contribution < -0.4 is 9.47 Å². The summed E-state index contributed by atoms with van der Waals surface area (Å²) in [5.41, 5.74) is -0.717. The van der Waals surface area contributed by atoms with Crippen molar-refractivity contribution in [3.8, 4) is 11.5 Å². The molecule has 0 bridgehead atoms. The molecule has 0 spiro atoms. The monoisotopic (exact) mass is 448 g/mol. The molecule has 0 aromatic heterocycles. The lowest BCUT2D eigenvalue weighted by Crippen LogP contribution is -2.13. The molecule has 0 aliphatic carbocycles. The van der Waals surface area contributed by atoms with Crippen molar-refractivity contribution in [1.29, 1.82) is 0 Å². The number of benzene rings is 2. The average Bonchev–Trinajstić information content (AvgIpc) is 2.79. The van der Waals surface area contributed by atoms with Gasteiger partial charge in [0.2, 0.25) is 0 Å². The Morgan fingerprint density at radius 3 is 1.38 bits per heavy atom. The van der Waals surface area contributed by atoms with Crippen molar-refractivity contribution < 1.29 is 38.4 Å². The molecule has 0 fully saturated rings. The van der Waals surface area contributed by atoms with E-state index in [0.717, 1.165) is 0 Å². The molecule has 0 N–H and O–H groups in total. The van der Waals surface area contributed by atoms with E-state index in [1.807, 2.05) is 0 Å². The van der Waals surface area contributed by atoms with E-state index < -0.39 is 9.85 Å². The van der Waals surface area contributed by atoms with Crippen LogP contribution in [0.15, 0.2) is 36.4 Å². The molecule has 0 aliphatic rings. The van der Waals surface area contributed by atoms with Crippen LogP contribution in [0.5, 0.6) is 11.5 Å². The number of carbonyl (C=O) groups is 2. The van der Waals surface area contributed by atoms with Crippen molar-refractivity contribution >= 4 is 23.9 Å². The first-order valence-corrected chi connectivity index (χ1v) is 9.34. The van der Waals surface area contributed by atoms with E-state index in [-0.39, 0.29) is 62.1 Å². The number of hydrogen-bond acceptors (Lipinski definition) is 10. The van der Waals surface area contributed by atoms with E-state index in [1.165, 1.54) is 36.4 Å². The van der Waals surface area contributed by atoms with E-state index in [2.05, 4.69) is 0 Å². The Kier molecular flexibility index (Phi) is 9.69. The van der Waals surface area contributed by atoms with Crippen LogP contribution >= 0.6 is 0 Å². The van der Waals surface area contributed by atoms with E-state index in [9.17, 15) is 29.8 Å². The zero-order valence-corrected chi connectivity index (χ0v) is 16.8. The lowest BCUT2D eigenvalue weighted by molar-refractivity contribution is -0.385. The smallest absolute Gasteiger partial charge is 0.280 e. The largest absolute Gasteiger partial charge is 0.491 e. The molecule has 0 radical (unpaired) electrons. The van der Waals surface area contributed by atoms with Crippen molar-refractivity contribution in [3.63, 3.8) is 0 Å². The van der Waals surface area contributed by atoms with Gasteiger partial charge in [-0.25, -0.2) is 0 Å². The summed E-state index contributed by atoms with van der Waals surface area (Å²) in [6.45, 7) is 1.41. The maximum Gasteiger partial charge on any atom is 0.280 e. The Hall–Kier alpha value is -3.90. The molecule has 0 saturated heterocycles. The lowest BCUT2D eigenvalue weighted by Gasteiger charge is -2.09. The number of ether oxygens (including phenoxy) is 4. The fraction of sp³-hybridized carbons (Fsp3) is 0.300. The van der Waals surface area contributed by atoms with Gasteiger partial charge in [-0.3, -0.25) is 29.8 Å². The van der Waals surface area contributed by atoms with Crippen LogP contribution in [0.25, 0.3) is 0 Å². The third-order valence-corrected chi connectivity index (χ3v) is 4.01. The molecule has 0 heterocycles. The molecule has 12 heteroatoms. The Labute approximate surface area is 181 Å². The maximum absolute atomic E-state index is 10.9. The summed E-state index contributed by atoms with van der Waals surface area (Å²) in [5.74, 6) is 0.636. The molecule has 32 heavy (non-hydrogen) atoms. The predicted molar refractivity (Wildman–Crippen MR) is 110 cm³/mol. The summed E-state index contributed by atoms with van der Waals surface area (Å²) in [5, 5.41) is 21.6. The van der Waals surface area contributed by atoms with E-state index in [1.54, 1.807) is 0 Å². The zero-order valence-electron chi connectivity index (χ0n) is 16.8. The molecule has 0 aliphatic heterocycles. The van der Waals surface area contributed by atoms with Crippen molar-refractivity contribution in [2.24, 2.45) is 0 Å². The third-order valence-electron chi connectivity index (χ3n) is 4.01. The van der Waals surface area contributed by atoms with Crippen molar-refractivity contribution in [2.75, 3.05) is 39.6 Å². The lowest BCUT2D eigenvalue weighted by atomic mass is 10.2. The molecular weight excluding hydrogens is 428 g/mol. The topological polar surface area (TPSA) is 157 Å². The number of nitro benzene ring substituents is 2. The molecule has 0 amide bonds.